The zero-order chi connectivity index (χ0) is 18.0. The van der Waals surface area contributed by atoms with E-state index in [9.17, 15) is 17.8 Å². The molecule has 7 heteroatoms. The van der Waals surface area contributed by atoms with E-state index < -0.39 is 33.6 Å². The molecule has 1 fully saturated rings. The van der Waals surface area contributed by atoms with Crippen molar-refractivity contribution in [1.29, 1.82) is 0 Å². The fourth-order valence-electron chi connectivity index (χ4n) is 2.54. The molecule has 2 rings (SSSR count). The quantitative estimate of drug-likeness (QED) is 0.880. The van der Waals surface area contributed by atoms with Gasteiger partial charge in [0.15, 0.2) is 0 Å². The average Bonchev–Trinajstić information content (AvgIpc) is 3.05. The lowest BCUT2D eigenvalue weighted by molar-refractivity contribution is -0.160. The highest BCUT2D eigenvalue weighted by Gasteiger charge is 2.51. The zero-order valence-electron chi connectivity index (χ0n) is 14.2. The predicted molar refractivity (Wildman–Crippen MR) is 91.0 cm³/mol. The molecular weight excluding hydrogens is 334 g/mol. The van der Waals surface area contributed by atoms with E-state index >= 15 is 0 Å². The number of rotatable bonds is 5. The minimum atomic E-state index is -3.67. The predicted octanol–water partition coefficient (Wildman–Crippen LogP) is 3.04. The molecule has 1 N–H and O–H groups in total. The summed E-state index contributed by atoms with van der Waals surface area (Å²) in [6.45, 7) is 5.77. The maximum atomic E-state index is 15.0. The summed E-state index contributed by atoms with van der Waals surface area (Å²) in [4.78, 5) is 13.5. The molecule has 0 spiro atoms. The Morgan fingerprint density at radius 3 is 2.21 bits per heavy atom. The average molecular weight is 358 g/mol. The topological polar surface area (TPSA) is 49.4 Å². The molecule has 1 aromatic carbocycles. The smallest absolute Gasteiger partial charge is 0.337 e. The van der Waals surface area contributed by atoms with E-state index in [0.29, 0.717) is 13.1 Å². The Labute approximate surface area is 144 Å². The van der Waals surface area contributed by atoms with Gasteiger partial charge >= 0.3 is 5.92 Å². The SMILES string of the molecule is CC(C)(C)S(=O)N[C@@H](c1ccccc1)C(F)(F)C(=O)N1CCCC1. The summed E-state index contributed by atoms with van der Waals surface area (Å²) < 4.78 is 44.1. The molecule has 1 heterocycles. The molecule has 1 aromatic rings. The summed E-state index contributed by atoms with van der Waals surface area (Å²) in [5.74, 6) is -4.88. The molecule has 0 saturated carbocycles. The molecule has 0 aromatic heterocycles. The van der Waals surface area contributed by atoms with Gasteiger partial charge in [-0.25, -0.2) is 8.93 Å². The van der Waals surface area contributed by atoms with Gasteiger partial charge in [-0.15, -0.1) is 0 Å². The summed E-state index contributed by atoms with van der Waals surface area (Å²) in [6, 6.07) is 6.36. The molecule has 1 unspecified atom stereocenters. The van der Waals surface area contributed by atoms with Gasteiger partial charge in [-0.3, -0.25) is 4.79 Å². The van der Waals surface area contributed by atoms with Crippen molar-refractivity contribution in [2.75, 3.05) is 13.1 Å². The summed E-state index contributed by atoms with van der Waals surface area (Å²) >= 11 is 0. The van der Waals surface area contributed by atoms with Crippen LogP contribution >= 0.6 is 0 Å². The van der Waals surface area contributed by atoms with Crippen LogP contribution in [-0.2, 0) is 15.8 Å². The highest BCUT2D eigenvalue weighted by Crippen LogP contribution is 2.35. The van der Waals surface area contributed by atoms with E-state index in [1.165, 1.54) is 17.0 Å². The maximum Gasteiger partial charge on any atom is 0.344 e. The number of halogens is 2. The van der Waals surface area contributed by atoms with Crippen molar-refractivity contribution >= 4 is 16.9 Å². The van der Waals surface area contributed by atoms with Crippen LogP contribution in [0.5, 0.6) is 0 Å². The van der Waals surface area contributed by atoms with Crippen molar-refractivity contribution < 1.29 is 17.8 Å². The Morgan fingerprint density at radius 1 is 1.17 bits per heavy atom. The van der Waals surface area contributed by atoms with Crippen molar-refractivity contribution in [3.63, 3.8) is 0 Å². The summed E-state index contributed by atoms with van der Waals surface area (Å²) in [7, 11) is -1.73. The molecule has 0 aliphatic carbocycles. The number of amides is 1. The third-order valence-corrected chi connectivity index (χ3v) is 5.52. The van der Waals surface area contributed by atoms with Crippen LogP contribution in [0.1, 0.15) is 45.2 Å². The largest absolute Gasteiger partial charge is 0.344 e. The van der Waals surface area contributed by atoms with Crippen molar-refractivity contribution in [3.05, 3.63) is 35.9 Å². The molecule has 24 heavy (non-hydrogen) atoms. The van der Waals surface area contributed by atoms with Crippen LogP contribution in [-0.4, -0.2) is 38.8 Å². The van der Waals surface area contributed by atoms with E-state index in [2.05, 4.69) is 4.72 Å². The summed E-state index contributed by atoms with van der Waals surface area (Å²) in [5.41, 5.74) is 0.243. The monoisotopic (exact) mass is 358 g/mol. The normalized spacial score (nSPS) is 18.5. The van der Waals surface area contributed by atoms with Gasteiger partial charge < -0.3 is 4.90 Å². The summed E-state index contributed by atoms with van der Waals surface area (Å²) in [6.07, 6.45) is 1.47. The molecule has 1 amide bonds. The number of hydrogen-bond donors (Lipinski definition) is 1. The van der Waals surface area contributed by atoms with Crippen LogP contribution < -0.4 is 4.72 Å². The second-order valence-corrected chi connectivity index (χ2v) is 8.96. The van der Waals surface area contributed by atoms with Gasteiger partial charge in [-0.1, -0.05) is 30.3 Å². The third kappa shape index (κ3) is 4.19. The number of benzene rings is 1. The highest BCUT2D eigenvalue weighted by molar-refractivity contribution is 7.84. The van der Waals surface area contributed by atoms with E-state index in [1.54, 1.807) is 39.0 Å². The maximum absolute atomic E-state index is 15.0. The molecule has 134 valence electrons. The Kier molecular flexibility index (Phi) is 5.75. The van der Waals surface area contributed by atoms with Gasteiger partial charge in [-0.05, 0) is 39.2 Å². The van der Waals surface area contributed by atoms with Crippen molar-refractivity contribution in [2.45, 2.75) is 50.3 Å². The van der Waals surface area contributed by atoms with Crippen molar-refractivity contribution in [2.24, 2.45) is 0 Å². The van der Waals surface area contributed by atoms with Gasteiger partial charge in [-0.2, -0.15) is 8.78 Å². The van der Waals surface area contributed by atoms with Crippen LogP contribution in [0.25, 0.3) is 0 Å². The van der Waals surface area contributed by atoms with Gasteiger partial charge in [0.2, 0.25) is 0 Å². The van der Waals surface area contributed by atoms with Crippen LogP contribution in [0.15, 0.2) is 30.3 Å². The number of carbonyl (C=O) groups excluding carboxylic acids is 1. The number of likely N-dealkylation sites (tertiary alicyclic amines) is 1. The van der Waals surface area contributed by atoms with Crippen molar-refractivity contribution in [1.82, 2.24) is 9.62 Å². The minimum Gasteiger partial charge on any atom is -0.337 e. The molecule has 2 atom stereocenters. The Bertz CT molecular complexity index is 596. The minimum absolute atomic E-state index is 0.243. The Morgan fingerprint density at radius 2 is 1.71 bits per heavy atom. The Hall–Kier alpha value is -1.34. The lowest BCUT2D eigenvalue weighted by Gasteiger charge is -2.32. The molecule has 1 aliphatic heterocycles. The fraction of sp³-hybridized carbons (Fsp3) is 0.588. The van der Waals surface area contributed by atoms with Crippen LogP contribution in [0.3, 0.4) is 0 Å². The van der Waals surface area contributed by atoms with Crippen molar-refractivity contribution in [3.8, 4) is 0 Å². The number of nitrogens with zero attached hydrogens (tertiary/aromatic N) is 1. The molecule has 4 nitrogen and oxygen atoms in total. The molecule has 1 saturated heterocycles. The van der Waals surface area contributed by atoms with Gasteiger partial charge in [0.05, 0.1) is 15.7 Å². The standard InChI is InChI=1S/C17H24F2N2O2S/c1-16(2,3)24(23)20-14(13-9-5-4-6-10-13)17(18,19)15(22)21-11-7-8-12-21/h4-6,9-10,14,20H,7-8,11-12H2,1-3H3/t14-,24?/m0/s1. The number of carbonyl (C=O) groups is 1. The molecule has 0 bridgehead atoms. The molecule has 0 radical (unpaired) electrons. The first-order chi connectivity index (χ1) is 11.1. The molecule has 1 aliphatic rings. The van der Waals surface area contributed by atoms with E-state index in [-0.39, 0.29) is 5.56 Å². The van der Waals surface area contributed by atoms with Gasteiger partial charge in [0.1, 0.15) is 6.04 Å². The Balaban J connectivity index is 2.33. The second-order valence-electron chi connectivity index (χ2n) is 6.96. The lowest BCUT2D eigenvalue weighted by Crippen LogP contribution is -2.51. The zero-order valence-corrected chi connectivity index (χ0v) is 15.0. The number of alkyl halides is 2. The second kappa shape index (κ2) is 7.27. The van der Waals surface area contributed by atoms with Gasteiger partial charge in [0, 0.05) is 13.1 Å². The van der Waals surface area contributed by atoms with Crippen LogP contribution in [0, 0.1) is 0 Å². The van der Waals surface area contributed by atoms with Crippen LogP contribution in [0.4, 0.5) is 8.78 Å². The van der Waals surface area contributed by atoms with E-state index in [4.69, 9.17) is 0 Å². The molecular formula is C17H24F2N2O2S. The van der Waals surface area contributed by atoms with E-state index in [1.807, 2.05) is 0 Å². The third-order valence-electron chi connectivity index (χ3n) is 3.95. The number of nitrogens with one attached hydrogen (secondary N) is 1. The first-order valence-corrected chi connectivity index (χ1v) is 9.19. The van der Waals surface area contributed by atoms with Gasteiger partial charge in [0.25, 0.3) is 5.91 Å². The van der Waals surface area contributed by atoms with Crippen LogP contribution in [0.2, 0.25) is 0 Å². The first kappa shape index (κ1) is 19.0. The first-order valence-electron chi connectivity index (χ1n) is 8.04. The highest BCUT2D eigenvalue weighted by atomic mass is 32.2. The number of hydrogen-bond acceptors (Lipinski definition) is 2. The summed E-state index contributed by atoms with van der Waals surface area (Å²) in [5, 5.41) is 0. The lowest BCUT2D eigenvalue weighted by atomic mass is 10.0. The van der Waals surface area contributed by atoms with E-state index in [0.717, 1.165) is 12.8 Å². The fourth-order valence-corrected chi connectivity index (χ4v) is 3.39.